The first-order valence-electron chi connectivity index (χ1n) is 5.74. The van der Waals surface area contributed by atoms with E-state index >= 15 is 0 Å². The number of hydrogen-bond acceptors (Lipinski definition) is 2. The average Bonchev–Trinajstić information content (AvgIpc) is 2.44. The van der Waals surface area contributed by atoms with Crippen molar-refractivity contribution in [2.24, 2.45) is 0 Å². The van der Waals surface area contributed by atoms with Crippen LogP contribution in [0.5, 0.6) is 0 Å². The highest BCUT2D eigenvalue weighted by atomic mass is 35.5. The van der Waals surface area contributed by atoms with Gasteiger partial charge in [0.2, 0.25) is 0 Å². The maximum absolute atomic E-state index is 13.8. The van der Waals surface area contributed by atoms with E-state index < -0.39 is 17.5 Å². The highest BCUT2D eigenvalue weighted by molar-refractivity contribution is 6.41. The van der Waals surface area contributed by atoms with Crippen molar-refractivity contribution in [3.63, 3.8) is 0 Å². The molecule has 106 valence electrons. The van der Waals surface area contributed by atoms with Gasteiger partial charge in [0.25, 0.3) is 0 Å². The van der Waals surface area contributed by atoms with Gasteiger partial charge in [-0.25, -0.2) is 23.1 Å². The number of benzene rings is 2. The monoisotopic (exact) mass is 328 g/mol. The Morgan fingerprint density at radius 1 is 0.857 bits per heavy atom. The average molecular weight is 329 g/mol. The van der Waals surface area contributed by atoms with Crippen molar-refractivity contribution < 1.29 is 13.2 Å². The first kappa shape index (κ1) is 14.1. The van der Waals surface area contributed by atoms with Crippen LogP contribution in [0.15, 0.2) is 30.3 Å². The fourth-order valence-corrected chi connectivity index (χ4v) is 2.50. The zero-order valence-corrected chi connectivity index (χ0v) is 11.7. The summed E-state index contributed by atoms with van der Waals surface area (Å²) in [6, 6.07) is 6.70. The van der Waals surface area contributed by atoms with E-state index in [4.69, 9.17) is 23.2 Å². The van der Waals surface area contributed by atoms with Gasteiger partial charge in [0.05, 0.1) is 21.5 Å². The van der Waals surface area contributed by atoms with Crippen LogP contribution in [-0.4, -0.2) is 9.97 Å². The quantitative estimate of drug-likeness (QED) is 0.463. The number of fused-ring (bicyclic) bond motifs is 1. The summed E-state index contributed by atoms with van der Waals surface area (Å²) in [7, 11) is 0. The topological polar surface area (TPSA) is 25.8 Å². The van der Waals surface area contributed by atoms with E-state index in [0.717, 1.165) is 12.1 Å². The van der Waals surface area contributed by atoms with Crippen molar-refractivity contribution in [3.8, 4) is 11.4 Å². The van der Waals surface area contributed by atoms with E-state index in [2.05, 4.69) is 9.97 Å². The molecule has 2 nitrogen and oxygen atoms in total. The Morgan fingerprint density at radius 2 is 1.62 bits per heavy atom. The third-order valence-electron chi connectivity index (χ3n) is 2.90. The molecule has 0 aliphatic heterocycles. The minimum Gasteiger partial charge on any atom is -0.228 e. The maximum Gasteiger partial charge on any atom is 0.195 e. The number of aromatic nitrogens is 2. The summed E-state index contributed by atoms with van der Waals surface area (Å²) >= 11 is 12.0. The highest BCUT2D eigenvalue weighted by Crippen LogP contribution is 2.31. The fraction of sp³-hybridized carbons (Fsp3) is 0. The van der Waals surface area contributed by atoms with Gasteiger partial charge < -0.3 is 0 Å². The van der Waals surface area contributed by atoms with Gasteiger partial charge in [0, 0.05) is 0 Å². The van der Waals surface area contributed by atoms with Crippen LogP contribution in [0.3, 0.4) is 0 Å². The van der Waals surface area contributed by atoms with E-state index in [1.54, 1.807) is 18.2 Å². The molecule has 0 atom stereocenters. The van der Waals surface area contributed by atoms with Gasteiger partial charge in [-0.2, -0.15) is 0 Å². The summed E-state index contributed by atoms with van der Waals surface area (Å²) in [5.74, 6) is -4.39. The van der Waals surface area contributed by atoms with Crippen LogP contribution in [0.2, 0.25) is 10.2 Å². The summed E-state index contributed by atoms with van der Waals surface area (Å²) in [6.45, 7) is 0. The van der Waals surface area contributed by atoms with Gasteiger partial charge in [-0.05, 0) is 24.3 Å². The van der Waals surface area contributed by atoms with Crippen LogP contribution < -0.4 is 0 Å². The molecule has 1 aromatic heterocycles. The Bertz CT molecular complexity index is 868. The molecule has 0 saturated heterocycles. The first-order valence-corrected chi connectivity index (χ1v) is 6.50. The zero-order valence-electron chi connectivity index (χ0n) is 10.2. The molecule has 0 saturated carbocycles. The third kappa shape index (κ3) is 2.32. The molecule has 7 heteroatoms. The predicted molar refractivity (Wildman–Crippen MR) is 74.9 cm³/mol. The third-order valence-corrected chi connectivity index (χ3v) is 3.49. The van der Waals surface area contributed by atoms with Crippen molar-refractivity contribution in [2.45, 2.75) is 0 Å². The summed E-state index contributed by atoms with van der Waals surface area (Å²) in [4.78, 5) is 7.99. The van der Waals surface area contributed by atoms with Gasteiger partial charge in [-0.15, -0.1) is 0 Å². The minimum atomic E-state index is -1.58. The molecule has 3 aromatic rings. The molecular formula is C14H5Cl2F3N2. The normalized spacial score (nSPS) is 11.1. The van der Waals surface area contributed by atoms with Crippen LogP contribution in [0, 0.1) is 17.5 Å². The van der Waals surface area contributed by atoms with Crippen LogP contribution >= 0.6 is 23.2 Å². The number of nitrogens with zero attached hydrogens (tertiary/aromatic N) is 2. The van der Waals surface area contributed by atoms with Crippen molar-refractivity contribution in [1.82, 2.24) is 9.97 Å². The van der Waals surface area contributed by atoms with E-state index in [1.165, 1.54) is 0 Å². The van der Waals surface area contributed by atoms with Crippen molar-refractivity contribution >= 4 is 34.1 Å². The first-order chi connectivity index (χ1) is 9.99. The summed E-state index contributed by atoms with van der Waals surface area (Å²) < 4.78 is 40.1. The van der Waals surface area contributed by atoms with E-state index in [0.29, 0.717) is 15.9 Å². The second-order valence-electron chi connectivity index (χ2n) is 4.19. The number of rotatable bonds is 1. The Kier molecular flexibility index (Phi) is 3.47. The second-order valence-corrected chi connectivity index (χ2v) is 4.96. The van der Waals surface area contributed by atoms with Crippen molar-refractivity contribution in [2.75, 3.05) is 0 Å². The fourth-order valence-electron chi connectivity index (χ4n) is 1.92. The Hall–Kier alpha value is -1.85. The lowest BCUT2D eigenvalue weighted by Crippen LogP contribution is -1.98. The molecule has 0 radical (unpaired) electrons. The van der Waals surface area contributed by atoms with Crippen LogP contribution in [-0.2, 0) is 0 Å². The molecule has 1 heterocycles. The molecule has 2 aromatic carbocycles. The summed E-state index contributed by atoms with van der Waals surface area (Å²) in [6.07, 6.45) is 0. The Labute approximate surface area is 127 Å². The van der Waals surface area contributed by atoms with Gasteiger partial charge in [-0.1, -0.05) is 29.3 Å². The molecule has 0 spiro atoms. The predicted octanol–water partition coefficient (Wildman–Crippen LogP) is 5.02. The number of halogens is 5. The largest absolute Gasteiger partial charge is 0.228 e. The van der Waals surface area contributed by atoms with Crippen molar-refractivity contribution in [1.29, 1.82) is 0 Å². The zero-order chi connectivity index (χ0) is 15.1. The lowest BCUT2D eigenvalue weighted by atomic mass is 10.1. The Balaban J connectivity index is 2.30. The maximum atomic E-state index is 13.8. The molecule has 0 fully saturated rings. The minimum absolute atomic E-state index is 0.00438. The molecule has 0 aliphatic carbocycles. The van der Waals surface area contributed by atoms with Gasteiger partial charge in [-0.3, -0.25) is 0 Å². The highest BCUT2D eigenvalue weighted by Gasteiger charge is 2.18. The molecule has 21 heavy (non-hydrogen) atoms. The second kappa shape index (κ2) is 5.16. The molecule has 0 bridgehead atoms. The van der Waals surface area contributed by atoms with Gasteiger partial charge >= 0.3 is 0 Å². The summed E-state index contributed by atoms with van der Waals surface area (Å²) in [5, 5.41) is 0.757. The van der Waals surface area contributed by atoms with E-state index in [9.17, 15) is 13.2 Å². The number of hydrogen-bond donors (Lipinski definition) is 0. The lowest BCUT2D eigenvalue weighted by molar-refractivity contribution is 0.448. The lowest BCUT2D eigenvalue weighted by Gasteiger charge is -2.07. The molecule has 3 rings (SSSR count). The summed E-state index contributed by atoms with van der Waals surface area (Å²) in [5.41, 5.74) is 0.0966. The van der Waals surface area contributed by atoms with Crippen molar-refractivity contribution in [3.05, 3.63) is 58.0 Å². The van der Waals surface area contributed by atoms with E-state index in [-0.39, 0.29) is 16.5 Å². The van der Waals surface area contributed by atoms with Gasteiger partial charge in [0.1, 0.15) is 5.15 Å². The van der Waals surface area contributed by atoms with E-state index in [1.807, 2.05) is 0 Å². The smallest absolute Gasteiger partial charge is 0.195 e. The molecule has 0 amide bonds. The van der Waals surface area contributed by atoms with Crippen LogP contribution in [0.4, 0.5) is 13.2 Å². The molecule has 0 unspecified atom stereocenters. The molecule has 0 N–H and O–H groups in total. The van der Waals surface area contributed by atoms with Crippen LogP contribution in [0.25, 0.3) is 22.3 Å². The Morgan fingerprint density at radius 3 is 2.38 bits per heavy atom. The van der Waals surface area contributed by atoms with Gasteiger partial charge in [0.15, 0.2) is 23.3 Å². The standard InChI is InChI=1S/C14H5Cl2F3N2/c15-7-2-1-3-9-10(7)13(16)21-14(20-9)6-4-5-8(17)12(19)11(6)18/h1-5H. The van der Waals surface area contributed by atoms with Crippen LogP contribution in [0.1, 0.15) is 0 Å². The molecule has 0 aliphatic rings. The SMILES string of the molecule is Fc1ccc(-c2nc(Cl)c3c(Cl)cccc3n2)c(F)c1F. The molecular weight excluding hydrogens is 324 g/mol.